The monoisotopic (exact) mass is 484 g/mol. The van der Waals surface area contributed by atoms with Crippen molar-refractivity contribution >= 4 is 40.7 Å². The number of thiophene rings is 1. The Morgan fingerprint density at radius 2 is 2.09 bits per heavy atom. The van der Waals surface area contributed by atoms with Crippen LogP contribution in [-0.2, 0) is 14.3 Å². The summed E-state index contributed by atoms with van der Waals surface area (Å²) in [4.78, 5) is 42.8. The number of hydrogen-bond acceptors (Lipinski definition) is 8. The summed E-state index contributed by atoms with van der Waals surface area (Å²) in [7, 11) is 0. The number of carbonyl (C=O) groups excluding carboxylic acids is 1. The van der Waals surface area contributed by atoms with E-state index >= 15 is 0 Å². The minimum Gasteiger partial charge on any atom is -0.482 e. The second-order valence-electron chi connectivity index (χ2n) is 7.07. The first-order chi connectivity index (χ1) is 15.9. The van der Waals surface area contributed by atoms with Crippen molar-refractivity contribution in [3.05, 3.63) is 83.2 Å². The van der Waals surface area contributed by atoms with Gasteiger partial charge in [-0.2, -0.15) is 0 Å². The van der Waals surface area contributed by atoms with Gasteiger partial charge in [0.2, 0.25) is 0 Å². The van der Waals surface area contributed by atoms with Gasteiger partial charge in [-0.3, -0.25) is 9.36 Å². The van der Waals surface area contributed by atoms with Gasteiger partial charge in [0.15, 0.2) is 11.4 Å². The topological polar surface area (TPSA) is 107 Å². The summed E-state index contributed by atoms with van der Waals surface area (Å²) >= 11 is 2.68. The average Bonchev–Trinajstić information content (AvgIpc) is 3.41. The number of rotatable bonds is 7. The maximum Gasteiger partial charge on any atom is 0.341 e. The first-order valence-electron chi connectivity index (χ1n) is 10.1. The quantitative estimate of drug-likeness (QED) is 0.516. The summed E-state index contributed by atoms with van der Waals surface area (Å²) in [6.45, 7) is 3.24. The lowest BCUT2D eigenvalue weighted by atomic mass is 10.0. The van der Waals surface area contributed by atoms with Gasteiger partial charge in [0.1, 0.15) is 11.8 Å². The molecule has 3 heterocycles. The lowest BCUT2D eigenvalue weighted by Gasteiger charge is -2.23. The smallest absolute Gasteiger partial charge is 0.341 e. The summed E-state index contributed by atoms with van der Waals surface area (Å²) in [5.41, 5.74) is 1.27. The maximum absolute atomic E-state index is 13.5. The molecule has 0 radical (unpaired) electrons. The van der Waals surface area contributed by atoms with Gasteiger partial charge in [-0.05, 0) is 49.1 Å². The lowest BCUT2D eigenvalue weighted by Crippen LogP contribution is -2.39. The molecule has 8 nitrogen and oxygen atoms in total. The molecule has 0 saturated carbocycles. The average molecular weight is 485 g/mol. The molecule has 0 aliphatic carbocycles. The van der Waals surface area contributed by atoms with Crippen LogP contribution < -0.4 is 19.6 Å². The molecule has 1 aromatic carbocycles. The van der Waals surface area contributed by atoms with Gasteiger partial charge in [0.05, 0.1) is 22.4 Å². The fourth-order valence-corrected chi connectivity index (χ4v) is 5.37. The number of benzene rings is 1. The maximum atomic E-state index is 13.5. The Kier molecular flexibility index (Phi) is 6.57. The van der Waals surface area contributed by atoms with Gasteiger partial charge in [-0.1, -0.05) is 29.5 Å². The van der Waals surface area contributed by atoms with Crippen LogP contribution in [0.25, 0.3) is 6.08 Å². The molecule has 0 amide bonds. The first kappa shape index (κ1) is 22.7. The van der Waals surface area contributed by atoms with E-state index in [4.69, 9.17) is 14.6 Å². The number of carbonyl (C=O) groups is 2. The molecule has 0 saturated heterocycles. The number of ether oxygens (including phenoxy) is 2. The highest BCUT2D eigenvalue weighted by molar-refractivity contribution is 7.10. The highest BCUT2D eigenvalue weighted by Gasteiger charge is 2.33. The second-order valence-corrected chi connectivity index (χ2v) is 9.06. The van der Waals surface area contributed by atoms with Crippen LogP contribution >= 0.6 is 22.7 Å². The van der Waals surface area contributed by atoms with E-state index in [2.05, 4.69) is 4.99 Å². The van der Waals surface area contributed by atoms with Crippen molar-refractivity contribution in [3.8, 4) is 5.75 Å². The minimum absolute atomic E-state index is 0.220. The number of carboxylic acid groups (broad SMARTS) is 1. The number of carboxylic acids is 1. The molecule has 0 fully saturated rings. The summed E-state index contributed by atoms with van der Waals surface area (Å²) in [5, 5.41) is 10.7. The minimum atomic E-state index is -1.07. The van der Waals surface area contributed by atoms with Gasteiger partial charge in [0, 0.05) is 4.88 Å². The van der Waals surface area contributed by atoms with Crippen molar-refractivity contribution in [3.63, 3.8) is 0 Å². The van der Waals surface area contributed by atoms with Crippen molar-refractivity contribution in [1.29, 1.82) is 0 Å². The summed E-state index contributed by atoms with van der Waals surface area (Å²) < 4.78 is 12.5. The number of aliphatic carboxylic acids is 1. The Bertz CT molecular complexity index is 1420. The zero-order valence-corrected chi connectivity index (χ0v) is 19.4. The number of aromatic nitrogens is 1. The molecule has 33 heavy (non-hydrogen) atoms. The van der Waals surface area contributed by atoms with E-state index in [-0.39, 0.29) is 12.2 Å². The molecule has 1 N–H and O–H groups in total. The van der Waals surface area contributed by atoms with Crippen LogP contribution in [0.3, 0.4) is 0 Å². The van der Waals surface area contributed by atoms with Crippen molar-refractivity contribution in [2.75, 3.05) is 13.2 Å². The lowest BCUT2D eigenvalue weighted by molar-refractivity contribution is -0.140. The highest BCUT2D eigenvalue weighted by atomic mass is 32.1. The molecule has 3 aromatic rings. The molecule has 2 aromatic heterocycles. The second kappa shape index (κ2) is 9.55. The number of esters is 1. The molecule has 0 bridgehead atoms. The number of allylic oxidation sites excluding steroid dienone is 1. The van der Waals surface area contributed by atoms with E-state index in [1.165, 1.54) is 27.2 Å². The standard InChI is InChI=1S/C23H20N2O6S2/c1-3-30-22(29)19-13(2)24-23-25(20(19)16-8-5-9-32-16)21(28)17(33-23)11-14-6-4-7-15(10-14)31-12-18(26)27/h4-11,20H,3,12H2,1-2H3,(H,26,27)/t20-/m0/s1. The van der Waals surface area contributed by atoms with Crippen LogP contribution in [0, 0.1) is 0 Å². The fourth-order valence-electron chi connectivity index (χ4n) is 3.50. The normalized spacial score (nSPS) is 15.7. The van der Waals surface area contributed by atoms with Gasteiger partial charge in [-0.25, -0.2) is 14.6 Å². The molecule has 0 spiro atoms. The number of hydrogen-bond donors (Lipinski definition) is 1. The van der Waals surface area contributed by atoms with Crippen LogP contribution in [0.2, 0.25) is 0 Å². The number of thiazole rings is 1. The summed E-state index contributed by atoms with van der Waals surface area (Å²) in [6, 6.07) is 9.95. The van der Waals surface area contributed by atoms with E-state index in [0.717, 1.165) is 4.88 Å². The Labute approximate surface area is 196 Å². The van der Waals surface area contributed by atoms with E-state index in [9.17, 15) is 14.4 Å². The van der Waals surface area contributed by atoms with Gasteiger partial charge in [-0.15, -0.1) is 11.3 Å². The van der Waals surface area contributed by atoms with Crippen molar-refractivity contribution in [2.45, 2.75) is 19.9 Å². The van der Waals surface area contributed by atoms with Gasteiger partial charge < -0.3 is 14.6 Å². The third kappa shape index (κ3) is 4.67. The van der Waals surface area contributed by atoms with Crippen molar-refractivity contribution in [2.24, 2.45) is 4.99 Å². The van der Waals surface area contributed by atoms with Crippen LogP contribution in [0.4, 0.5) is 0 Å². The summed E-state index contributed by atoms with van der Waals surface area (Å²) in [5.74, 6) is -1.18. The zero-order chi connectivity index (χ0) is 23.5. The predicted octanol–water partition coefficient (Wildman–Crippen LogP) is 2.32. The molecule has 1 aliphatic heterocycles. The Balaban J connectivity index is 1.83. The van der Waals surface area contributed by atoms with Crippen LogP contribution in [0.15, 0.2) is 62.8 Å². The molecule has 1 aliphatic rings. The van der Waals surface area contributed by atoms with Crippen LogP contribution in [0.1, 0.15) is 30.3 Å². The largest absolute Gasteiger partial charge is 0.482 e. The molecule has 170 valence electrons. The molecular formula is C23H20N2O6S2. The predicted molar refractivity (Wildman–Crippen MR) is 124 cm³/mol. The van der Waals surface area contributed by atoms with E-state index in [1.807, 2.05) is 17.5 Å². The molecule has 4 rings (SSSR count). The molecule has 0 unspecified atom stereocenters. The van der Waals surface area contributed by atoms with Gasteiger partial charge >= 0.3 is 11.9 Å². The van der Waals surface area contributed by atoms with E-state index in [0.29, 0.717) is 31.9 Å². The Hall–Kier alpha value is -3.50. The van der Waals surface area contributed by atoms with Crippen LogP contribution in [0.5, 0.6) is 5.75 Å². The molecular weight excluding hydrogens is 464 g/mol. The van der Waals surface area contributed by atoms with Gasteiger partial charge in [0.25, 0.3) is 5.56 Å². The highest BCUT2D eigenvalue weighted by Crippen LogP contribution is 2.33. The summed E-state index contributed by atoms with van der Waals surface area (Å²) in [6.07, 6.45) is 1.70. The third-order valence-electron chi connectivity index (χ3n) is 4.85. The van der Waals surface area contributed by atoms with Crippen molar-refractivity contribution in [1.82, 2.24) is 4.57 Å². The number of fused-ring (bicyclic) bond motifs is 1. The molecule has 1 atom stereocenters. The molecule has 10 heteroatoms. The number of nitrogens with zero attached hydrogens (tertiary/aromatic N) is 2. The SMILES string of the molecule is CCOC(=O)C1=C(C)N=c2sc(=Cc3cccc(OCC(=O)O)c3)c(=O)n2[C@H]1c1cccs1. The third-order valence-corrected chi connectivity index (χ3v) is 6.76. The first-order valence-corrected chi connectivity index (χ1v) is 11.8. The van der Waals surface area contributed by atoms with Crippen molar-refractivity contribution < 1.29 is 24.2 Å². The Morgan fingerprint density at radius 1 is 1.27 bits per heavy atom. The van der Waals surface area contributed by atoms with E-state index < -0.39 is 24.6 Å². The van der Waals surface area contributed by atoms with E-state index in [1.54, 1.807) is 44.2 Å². The van der Waals surface area contributed by atoms with Crippen LogP contribution in [-0.4, -0.2) is 34.8 Å². The fraction of sp³-hybridized carbons (Fsp3) is 0.217. The Morgan fingerprint density at radius 3 is 2.79 bits per heavy atom. The zero-order valence-electron chi connectivity index (χ0n) is 17.8.